The van der Waals surface area contributed by atoms with Crippen molar-refractivity contribution < 1.29 is 14.7 Å². The molecule has 0 unspecified atom stereocenters. The van der Waals surface area contributed by atoms with Crippen LogP contribution in [0.25, 0.3) is 6.08 Å². The van der Waals surface area contributed by atoms with Gasteiger partial charge in [0.05, 0.1) is 6.54 Å². The molecule has 1 N–H and O–H groups in total. The van der Waals surface area contributed by atoms with Crippen LogP contribution < -0.4 is 4.90 Å². The van der Waals surface area contributed by atoms with Gasteiger partial charge in [0.1, 0.15) is 5.82 Å². The number of pyridine rings is 1. The monoisotopic (exact) mass is 263 g/mol. The molecule has 19 heavy (non-hydrogen) atoms. The molecule has 1 aromatic rings. The normalized spacial score (nSPS) is 10.5. The number of anilines is 1. The first-order valence-electron chi connectivity index (χ1n) is 5.69. The van der Waals surface area contributed by atoms with Gasteiger partial charge in [-0.3, -0.25) is 4.79 Å². The summed E-state index contributed by atoms with van der Waals surface area (Å²) in [6, 6.07) is 3.46. The van der Waals surface area contributed by atoms with Crippen molar-refractivity contribution in [3.8, 4) is 0 Å². The third kappa shape index (κ3) is 4.42. The molecule has 0 aromatic carbocycles. The van der Waals surface area contributed by atoms with E-state index in [1.165, 1.54) is 11.0 Å². The van der Waals surface area contributed by atoms with Gasteiger partial charge in [-0.05, 0) is 18.2 Å². The lowest BCUT2D eigenvalue weighted by Crippen LogP contribution is -2.35. The molecule has 0 fully saturated rings. The quantitative estimate of drug-likeness (QED) is 0.792. The highest BCUT2D eigenvalue weighted by molar-refractivity contribution is 5.87. The summed E-state index contributed by atoms with van der Waals surface area (Å²) in [5.41, 5.74) is 0.652. The number of carbonyl (C=O) groups is 2. The smallest absolute Gasteiger partial charge is 0.328 e. The Balaban J connectivity index is 2.93. The Labute approximate surface area is 112 Å². The molecular formula is C13H17N3O3. The highest BCUT2D eigenvalue weighted by Gasteiger charge is 2.12. The predicted molar refractivity (Wildman–Crippen MR) is 72.9 cm³/mol. The maximum Gasteiger partial charge on any atom is 0.328 e. The van der Waals surface area contributed by atoms with E-state index in [-0.39, 0.29) is 12.5 Å². The van der Waals surface area contributed by atoms with E-state index in [1.54, 1.807) is 44.4 Å². The second kappa shape index (κ2) is 6.53. The third-order valence-corrected chi connectivity index (χ3v) is 2.46. The van der Waals surface area contributed by atoms with E-state index in [0.29, 0.717) is 11.4 Å². The summed E-state index contributed by atoms with van der Waals surface area (Å²) in [6.07, 6.45) is 4.10. The zero-order chi connectivity index (χ0) is 14.4. The second-order valence-electron chi connectivity index (χ2n) is 4.23. The van der Waals surface area contributed by atoms with Gasteiger partial charge in [0.2, 0.25) is 5.91 Å². The minimum atomic E-state index is -1.03. The fraction of sp³-hybridized carbons (Fsp3) is 0.308. The average molecular weight is 263 g/mol. The van der Waals surface area contributed by atoms with E-state index in [4.69, 9.17) is 5.11 Å². The number of likely N-dealkylation sites (N-methyl/N-ethyl adjacent to an activating group) is 2. The SMILES string of the molecule is CN(C)C(=O)CN(C)c1ncccc1/C=C/C(=O)O. The van der Waals surface area contributed by atoms with Crippen molar-refractivity contribution in [1.82, 2.24) is 9.88 Å². The Bertz CT molecular complexity index is 498. The summed E-state index contributed by atoms with van der Waals surface area (Å²) in [5.74, 6) is -0.515. The summed E-state index contributed by atoms with van der Waals surface area (Å²) < 4.78 is 0. The molecule has 1 heterocycles. The lowest BCUT2D eigenvalue weighted by molar-refractivity contribution is -0.131. The summed E-state index contributed by atoms with van der Waals surface area (Å²) in [7, 11) is 5.10. The first kappa shape index (κ1) is 14.7. The van der Waals surface area contributed by atoms with Gasteiger partial charge in [0.15, 0.2) is 0 Å². The van der Waals surface area contributed by atoms with Crippen LogP contribution in [-0.2, 0) is 9.59 Å². The molecule has 1 rings (SSSR count). The lowest BCUT2D eigenvalue weighted by Gasteiger charge is -2.21. The predicted octanol–water partition coefficient (Wildman–Crippen LogP) is 0.704. The van der Waals surface area contributed by atoms with E-state index in [2.05, 4.69) is 4.98 Å². The van der Waals surface area contributed by atoms with Crippen LogP contribution in [-0.4, -0.2) is 54.6 Å². The fourth-order valence-electron chi connectivity index (χ4n) is 1.44. The number of nitrogens with zero attached hydrogens (tertiary/aromatic N) is 3. The number of amides is 1. The Kier molecular flexibility index (Phi) is 5.05. The molecule has 1 aromatic heterocycles. The van der Waals surface area contributed by atoms with Crippen molar-refractivity contribution in [2.45, 2.75) is 0 Å². The molecule has 0 spiro atoms. The molecule has 0 saturated carbocycles. The molecule has 0 radical (unpaired) electrons. The lowest BCUT2D eigenvalue weighted by atomic mass is 10.2. The Morgan fingerprint density at radius 3 is 2.63 bits per heavy atom. The van der Waals surface area contributed by atoms with Crippen LogP contribution in [0.3, 0.4) is 0 Å². The minimum absolute atomic E-state index is 0.0543. The zero-order valence-corrected chi connectivity index (χ0v) is 11.2. The van der Waals surface area contributed by atoms with Gasteiger partial charge in [0.25, 0.3) is 0 Å². The second-order valence-corrected chi connectivity index (χ2v) is 4.23. The van der Waals surface area contributed by atoms with Crippen LogP contribution in [0, 0.1) is 0 Å². The Morgan fingerprint density at radius 1 is 1.37 bits per heavy atom. The summed E-state index contributed by atoms with van der Waals surface area (Å²) in [4.78, 5) is 29.5. The molecule has 0 saturated heterocycles. The summed E-state index contributed by atoms with van der Waals surface area (Å²) in [6.45, 7) is 0.178. The number of aliphatic carboxylic acids is 1. The first-order valence-corrected chi connectivity index (χ1v) is 5.69. The van der Waals surface area contributed by atoms with Gasteiger partial charge in [-0.2, -0.15) is 0 Å². The van der Waals surface area contributed by atoms with Crippen molar-refractivity contribution in [1.29, 1.82) is 0 Å². The van der Waals surface area contributed by atoms with E-state index in [9.17, 15) is 9.59 Å². The standard InChI is InChI=1S/C13H17N3O3/c1-15(2)11(17)9-16(3)13-10(5-4-8-14-13)6-7-12(18)19/h4-8H,9H2,1-3H3,(H,18,19)/b7-6+. The molecule has 0 aliphatic carbocycles. The topological polar surface area (TPSA) is 73.7 Å². The van der Waals surface area contributed by atoms with Crippen LogP contribution in [0.15, 0.2) is 24.4 Å². The summed E-state index contributed by atoms with van der Waals surface area (Å²) in [5, 5.41) is 8.64. The first-order chi connectivity index (χ1) is 8.91. The number of rotatable bonds is 5. The van der Waals surface area contributed by atoms with Crippen LogP contribution in [0.4, 0.5) is 5.82 Å². The molecule has 0 bridgehead atoms. The van der Waals surface area contributed by atoms with E-state index < -0.39 is 5.97 Å². The van der Waals surface area contributed by atoms with Gasteiger partial charge >= 0.3 is 5.97 Å². The number of hydrogen-bond acceptors (Lipinski definition) is 4. The van der Waals surface area contributed by atoms with Crippen molar-refractivity contribution in [3.63, 3.8) is 0 Å². The molecular weight excluding hydrogens is 246 g/mol. The molecule has 0 atom stereocenters. The molecule has 0 aliphatic heterocycles. The molecule has 0 aliphatic rings. The maximum absolute atomic E-state index is 11.6. The Hall–Kier alpha value is -2.37. The molecule has 102 valence electrons. The van der Waals surface area contributed by atoms with Gasteiger partial charge < -0.3 is 14.9 Å². The largest absolute Gasteiger partial charge is 0.478 e. The van der Waals surface area contributed by atoms with Gasteiger partial charge in [-0.25, -0.2) is 9.78 Å². The highest BCUT2D eigenvalue weighted by Crippen LogP contribution is 2.17. The minimum Gasteiger partial charge on any atom is -0.478 e. The maximum atomic E-state index is 11.6. The van der Waals surface area contributed by atoms with Gasteiger partial charge in [-0.15, -0.1) is 0 Å². The van der Waals surface area contributed by atoms with E-state index in [0.717, 1.165) is 6.08 Å². The number of carboxylic acids is 1. The highest BCUT2D eigenvalue weighted by atomic mass is 16.4. The number of hydrogen-bond donors (Lipinski definition) is 1. The van der Waals surface area contributed by atoms with Crippen molar-refractivity contribution >= 4 is 23.8 Å². The van der Waals surface area contributed by atoms with Crippen molar-refractivity contribution in [3.05, 3.63) is 30.0 Å². The van der Waals surface area contributed by atoms with Crippen LogP contribution >= 0.6 is 0 Å². The number of carbonyl (C=O) groups excluding carboxylic acids is 1. The summed E-state index contributed by atoms with van der Waals surface area (Å²) >= 11 is 0. The van der Waals surface area contributed by atoms with Crippen LogP contribution in [0.2, 0.25) is 0 Å². The zero-order valence-electron chi connectivity index (χ0n) is 11.2. The van der Waals surface area contributed by atoms with Crippen LogP contribution in [0.5, 0.6) is 0 Å². The van der Waals surface area contributed by atoms with E-state index >= 15 is 0 Å². The number of carboxylic acid groups (broad SMARTS) is 1. The average Bonchev–Trinajstić information content (AvgIpc) is 2.36. The van der Waals surface area contributed by atoms with Gasteiger partial charge in [0, 0.05) is 39.0 Å². The van der Waals surface area contributed by atoms with Crippen molar-refractivity contribution in [2.24, 2.45) is 0 Å². The molecule has 6 nitrogen and oxygen atoms in total. The molecule has 1 amide bonds. The van der Waals surface area contributed by atoms with Gasteiger partial charge in [-0.1, -0.05) is 0 Å². The molecule has 6 heteroatoms. The van der Waals surface area contributed by atoms with Crippen LogP contribution in [0.1, 0.15) is 5.56 Å². The number of aromatic nitrogens is 1. The van der Waals surface area contributed by atoms with Crippen molar-refractivity contribution in [2.75, 3.05) is 32.6 Å². The fourth-order valence-corrected chi connectivity index (χ4v) is 1.44. The Morgan fingerprint density at radius 2 is 2.05 bits per heavy atom. The third-order valence-electron chi connectivity index (χ3n) is 2.46. The van der Waals surface area contributed by atoms with E-state index in [1.807, 2.05) is 0 Å².